The number of aryl methyl sites for hydroxylation is 1. The SMILES string of the molecule is C=C(CF)CN1CCN(c2ncc3cc(C)n(CC#Cc4ccc(Cl)cc4-c4ccnc5c(C(=O)O)csc45)c(=O)c3c2C#N)CC1. The van der Waals surface area contributed by atoms with E-state index >= 15 is 0 Å². The van der Waals surface area contributed by atoms with Gasteiger partial charge in [0.2, 0.25) is 0 Å². The van der Waals surface area contributed by atoms with Gasteiger partial charge in [-0.1, -0.05) is 30.0 Å². The lowest BCUT2D eigenvalue weighted by atomic mass is 10.00. The molecule has 1 aromatic carbocycles. The highest BCUT2D eigenvalue weighted by atomic mass is 35.5. The van der Waals surface area contributed by atoms with Crippen molar-refractivity contribution in [3.8, 4) is 29.0 Å². The Morgan fingerprint density at radius 3 is 2.68 bits per heavy atom. The number of nitriles is 1. The van der Waals surface area contributed by atoms with Crippen LogP contribution in [0.25, 0.3) is 32.1 Å². The molecule has 0 spiro atoms. The number of carbonyl (C=O) groups is 1. The van der Waals surface area contributed by atoms with E-state index in [1.54, 1.807) is 46.6 Å². The van der Waals surface area contributed by atoms with Crippen molar-refractivity contribution in [2.75, 3.05) is 44.3 Å². The van der Waals surface area contributed by atoms with Crippen molar-refractivity contribution in [3.63, 3.8) is 0 Å². The predicted molar refractivity (Wildman–Crippen MR) is 183 cm³/mol. The summed E-state index contributed by atoms with van der Waals surface area (Å²) in [6.07, 6.45) is 3.19. The summed E-state index contributed by atoms with van der Waals surface area (Å²) in [5.41, 5.74) is 3.72. The first kappa shape index (κ1) is 31.9. The number of nitrogens with zero attached hydrogens (tertiary/aromatic N) is 6. The van der Waals surface area contributed by atoms with Gasteiger partial charge in [0.1, 0.15) is 24.1 Å². The highest BCUT2D eigenvalue weighted by molar-refractivity contribution is 7.18. The van der Waals surface area contributed by atoms with Gasteiger partial charge in [-0.2, -0.15) is 5.26 Å². The minimum absolute atomic E-state index is 0.0657. The Bertz CT molecular complexity index is 2240. The molecule has 47 heavy (non-hydrogen) atoms. The smallest absolute Gasteiger partial charge is 0.338 e. The molecular weight excluding hydrogens is 639 g/mol. The number of pyridine rings is 3. The van der Waals surface area contributed by atoms with Gasteiger partial charge in [0.05, 0.1) is 27.7 Å². The lowest BCUT2D eigenvalue weighted by Crippen LogP contribution is -2.47. The molecule has 0 saturated carbocycles. The van der Waals surface area contributed by atoms with Crippen molar-refractivity contribution in [2.24, 2.45) is 0 Å². The second-order valence-corrected chi connectivity index (χ2v) is 12.5. The molecule has 0 amide bonds. The summed E-state index contributed by atoms with van der Waals surface area (Å²) in [6.45, 7) is 8.02. The second kappa shape index (κ2) is 13.3. The fraction of sp³-hybridized carbons (Fsp3) is 0.229. The summed E-state index contributed by atoms with van der Waals surface area (Å²) in [5.74, 6) is 5.70. The number of carboxylic acid groups (broad SMARTS) is 1. The summed E-state index contributed by atoms with van der Waals surface area (Å²) in [6, 6.07) is 11.1. The maximum absolute atomic E-state index is 13.9. The van der Waals surface area contributed by atoms with Gasteiger partial charge >= 0.3 is 5.97 Å². The minimum Gasteiger partial charge on any atom is -0.478 e. The zero-order chi connectivity index (χ0) is 33.2. The van der Waals surface area contributed by atoms with Crippen molar-refractivity contribution in [1.29, 1.82) is 5.26 Å². The Morgan fingerprint density at radius 2 is 1.96 bits per heavy atom. The van der Waals surface area contributed by atoms with Crippen molar-refractivity contribution in [3.05, 3.63) is 98.0 Å². The van der Waals surface area contributed by atoms with Gasteiger partial charge in [0.15, 0.2) is 0 Å². The highest BCUT2D eigenvalue weighted by Crippen LogP contribution is 2.36. The maximum Gasteiger partial charge on any atom is 0.338 e. The number of halogens is 2. The summed E-state index contributed by atoms with van der Waals surface area (Å²) in [7, 11) is 0. The number of benzene rings is 1. The van der Waals surface area contributed by atoms with Crippen LogP contribution in [0.5, 0.6) is 0 Å². The third-order valence-electron chi connectivity index (χ3n) is 8.17. The third kappa shape index (κ3) is 6.21. The predicted octanol–water partition coefficient (Wildman–Crippen LogP) is 5.90. The van der Waals surface area contributed by atoms with Crippen LogP contribution in [0.3, 0.4) is 0 Å². The van der Waals surface area contributed by atoms with E-state index in [4.69, 9.17) is 11.6 Å². The van der Waals surface area contributed by atoms with Gasteiger partial charge in [-0.15, -0.1) is 11.3 Å². The molecule has 12 heteroatoms. The van der Waals surface area contributed by atoms with Crippen LogP contribution in [0.1, 0.15) is 27.2 Å². The van der Waals surface area contributed by atoms with E-state index in [9.17, 15) is 24.3 Å². The van der Waals surface area contributed by atoms with E-state index in [1.165, 1.54) is 11.3 Å². The Hall–Kier alpha value is -5.07. The number of fused-ring (bicyclic) bond motifs is 2. The first-order chi connectivity index (χ1) is 22.7. The van der Waals surface area contributed by atoms with E-state index in [2.05, 4.69) is 39.4 Å². The number of aromatic carboxylic acids is 1. The Morgan fingerprint density at radius 1 is 1.17 bits per heavy atom. The fourth-order valence-electron chi connectivity index (χ4n) is 5.83. The number of alkyl halides is 1. The normalized spacial score (nSPS) is 13.4. The number of hydrogen-bond acceptors (Lipinski definition) is 8. The van der Waals surface area contributed by atoms with Crippen molar-refractivity contribution in [1.82, 2.24) is 19.4 Å². The fourth-order valence-corrected chi connectivity index (χ4v) is 7.03. The summed E-state index contributed by atoms with van der Waals surface area (Å²) >= 11 is 7.66. The third-order valence-corrected chi connectivity index (χ3v) is 9.41. The first-order valence-electron chi connectivity index (χ1n) is 14.7. The largest absolute Gasteiger partial charge is 0.478 e. The van der Waals surface area contributed by atoms with Crippen molar-refractivity contribution in [2.45, 2.75) is 13.5 Å². The maximum atomic E-state index is 13.9. The van der Waals surface area contributed by atoms with Gasteiger partial charge in [-0.3, -0.25) is 14.7 Å². The Balaban J connectivity index is 1.34. The molecule has 5 aromatic rings. The van der Waals surface area contributed by atoms with Gasteiger partial charge in [-0.25, -0.2) is 14.2 Å². The van der Waals surface area contributed by atoms with Gasteiger partial charge in [0, 0.05) is 83.3 Å². The molecule has 1 saturated heterocycles. The van der Waals surface area contributed by atoms with Gasteiger partial charge < -0.3 is 14.6 Å². The van der Waals surface area contributed by atoms with Crippen LogP contribution in [0, 0.1) is 30.1 Å². The van der Waals surface area contributed by atoms with E-state index < -0.39 is 12.6 Å². The van der Waals surface area contributed by atoms with Gasteiger partial charge in [-0.05, 0) is 42.8 Å². The van der Waals surface area contributed by atoms with Crippen LogP contribution in [0.4, 0.5) is 10.2 Å². The molecule has 0 radical (unpaired) electrons. The minimum atomic E-state index is -1.05. The topological polar surface area (TPSA) is 115 Å². The Kier molecular flexibility index (Phi) is 9.06. The summed E-state index contributed by atoms with van der Waals surface area (Å²) in [4.78, 5) is 38.6. The van der Waals surface area contributed by atoms with Crippen LogP contribution >= 0.6 is 22.9 Å². The van der Waals surface area contributed by atoms with E-state index in [-0.39, 0.29) is 28.6 Å². The average Bonchev–Trinajstić information content (AvgIpc) is 3.51. The molecule has 9 nitrogen and oxygen atoms in total. The molecule has 1 fully saturated rings. The van der Waals surface area contributed by atoms with Crippen molar-refractivity contribution < 1.29 is 14.3 Å². The molecule has 4 aromatic heterocycles. The van der Waals surface area contributed by atoms with Crippen LogP contribution in [-0.2, 0) is 6.54 Å². The van der Waals surface area contributed by atoms with Crippen LogP contribution in [-0.4, -0.2) is 69.9 Å². The molecule has 0 unspecified atom stereocenters. The number of carboxylic acids is 1. The van der Waals surface area contributed by atoms with Gasteiger partial charge in [0.25, 0.3) is 5.56 Å². The standard InChI is InChI=1S/C35H28ClFN6O3S/c1-21(16-37)19-41-10-12-42(13-11-41)33-28(17-38)30-24(18-40-33)14-22(2)43(34(30)44)9-3-4-23-5-6-25(36)15-27(23)26-7-8-39-31-29(35(45)46)20-47-32(26)31/h5-8,14-15,18,20H,1,9-13,16,19H2,2H3,(H,45,46). The average molecular weight is 667 g/mol. The molecule has 6 rings (SSSR count). The van der Waals surface area contributed by atoms with E-state index in [0.29, 0.717) is 76.0 Å². The van der Waals surface area contributed by atoms with Crippen LogP contribution < -0.4 is 10.5 Å². The monoisotopic (exact) mass is 666 g/mol. The lowest BCUT2D eigenvalue weighted by Gasteiger charge is -2.36. The zero-order valence-electron chi connectivity index (χ0n) is 25.4. The quantitative estimate of drug-likeness (QED) is 0.169. The Labute approximate surface area is 278 Å². The molecular formula is C35H28ClFN6O3S. The van der Waals surface area contributed by atoms with E-state index in [0.717, 1.165) is 11.1 Å². The number of anilines is 1. The lowest BCUT2D eigenvalue weighted by molar-refractivity contribution is 0.0699. The van der Waals surface area contributed by atoms with E-state index in [1.807, 2.05) is 17.9 Å². The number of hydrogen-bond donors (Lipinski definition) is 1. The molecule has 0 aliphatic carbocycles. The van der Waals surface area contributed by atoms with Crippen LogP contribution in [0.2, 0.25) is 5.02 Å². The molecule has 1 aliphatic rings. The first-order valence-corrected chi connectivity index (χ1v) is 16.0. The summed E-state index contributed by atoms with van der Waals surface area (Å²) < 4.78 is 15.2. The molecule has 0 atom stereocenters. The number of rotatable bonds is 7. The molecule has 1 aliphatic heterocycles. The number of piperazine rings is 1. The molecule has 5 heterocycles. The molecule has 0 bridgehead atoms. The second-order valence-electron chi connectivity index (χ2n) is 11.2. The van der Waals surface area contributed by atoms with Crippen molar-refractivity contribution >= 4 is 55.7 Å². The zero-order valence-corrected chi connectivity index (χ0v) is 27.0. The summed E-state index contributed by atoms with van der Waals surface area (Å²) in [5, 5.41) is 22.7. The number of aromatic nitrogens is 3. The van der Waals surface area contributed by atoms with Crippen LogP contribution in [0.15, 0.2) is 65.1 Å². The highest BCUT2D eigenvalue weighted by Gasteiger charge is 2.24. The molecule has 1 N–H and O–H groups in total. The number of thiophene rings is 1. The molecule has 236 valence electrons.